The first kappa shape index (κ1) is 15.4. The molecule has 0 amide bonds. The molecule has 2 N–H and O–H groups in total. The third-order valence-electron chi connectivity index (χ3n) is 2.93. The summed E-state index contributed by atoms with van der Waals surface area (Å²) in [5.74, 6) is -1.34. The molecule has 0 bridgehead atoms. The highest BCUT2D eigenvalue weighted by Gasteiger charge is 2.16. The van der Waals surface area contributed by atoms with Crippen LogP contribution >= 0.6 is 0 Å². The molecular formula is C14H14F2N2O2S. The second kappa shape index (κ2) is 6.19. The predicted molar refractivity (Wildman–Crippen MR) is 76.4 cm³/mol. The quantitative estimate of drug-likeness (QED) is 0.892. The Kier molecular flexibility index (Phi) is 4.54. The van der Waals surface area contributed by atoms with Gasteiger partial charge in [-0.15, -0.1) is 0 Å². The van der Waals surface area contributed by atoms with Gasteiger partial charge in [0.05, 0.1) is 5.69 Å². The van der Waals surface area contributed by atoms with Gasteiger partial charge >= 0.3 is 0 Å². The maximum atomic E-state index is 13.5. The smallest absolute Gasteiger partial charge is 0.242 e. The van der Waals surface area contributed by atoms with Crippen LogP contribution in [0.4, 0.5) is 14.5 Å². The molecular weight excluding hydrogens is 298 g/mol. The molecule has 0 fully saturated rings. The van der Waals surface area contributed by atoms with Crippen LogP contribution in [-0.2, 0) is 16.6 Å². The lowest BCUT2D eigenvalue weighted by Crippen LogP contribution is -2.20. The number of nitrogens with one attached hydrogen (secondary N) is 2. The number of anilines is 1. The van der Waals surface area contributed by atoms with Crippen LogP contribution in [0.3, 0.4) is 0 Å². The van der Waals surface area contributed by atoms with Crippen LogP contribution in [0, 0.1) is 11.6 Å². The lowest BCUT2D eigenvalue weighted by molar-refractivity contribution is 0.574. The lowest BCUT2D eigenvalue weighted by atomic mass is 10.2. The van der Waals surface area contributed by atoms with E-state index < -0.39 is 21.7 Å². The lowest BCUT2D eigenvalue weighted by Gasteiger charge is -2.12. The van der Waals surface area contributed by atoms with E-state index in [1.165, 1.54) is 19.2 Å². The van der Waals surface area contributed by atoms with Gasteiger partial charge in [0.25, 0.3) is 0 Å². The summed E-state index contributed by atoms with van der Waals surface area (Å²) >= 11 is 0. The summed E-state index contributed by atoms with van der Waals surface area (Å²) in [5, 5.41) is 2.85. The van der Waals surface area contributed by atoms with Gasteiger partial charge in [0.2, 0.25) is 10.0 Å². The number of hydrogen-bond donors (Lipinski definition) is 2. The molecule has 0 saturated carbocycles. The minimum absolute atomic E-state index is 0.0440. The van der Waals surface area contributed by atoms with Gasteiger partial charge in [-0.1, -0.05) is 18.2 Å². The monoisotopic (exact) mass is 312 g/mol. The molecule has 2 aromatic rings. The molecule has 0 saturated heterocycles. The van der Waals surface area contributed by atoms with E-state index in [9.17, 15) is 17.2 Å². The van der Waals surface area contributed by atoms with Crippen molar-refractivity contribution in [1.82, 2.24) is 4.72 Å². The average molecular weight is 312 g/mol. The normalized spacial score (nSPS) is 11.4. The Hall–Kier alpha value is -1.99. The minimum atomic E-state index is -3.62. The number of benzene rings is 2. The average Bonchev–Trinajstić information content (AvgIpc) is 2.46. The Labute approximate surface area is 121 Å². The van der Waals surface area contributed by atoms with Crippen molar-refractivity contribution in [3.63, 3.8) is 0 Å². The molecule has 2 aromatic carbocycles. The molecule has 112 valence electrons. The maximum absolute atomic E-state index is 13.5. The number of hydrogen-bond acceptors (Lipinski definition) is 3. The molecule has 0 aromatic heterocycles. The summed E-state index contributed by atoms with van der Waals surface area (Å²) in [6.07, 6.45) is 0. The molecule has 7 heteroatoms. The highest BCUT2D eigenvalue weighted by molar-refractivity contribution is 7.89. The topological polar surface area (TPSA) is 58.2 Å². The van der Waals surface area contributed by atoms with Gasteiger partial charge in [0.15, 0.2) is 0 Å². The van der Waals surface area contributed by atoms with Gasteiger partial charge < -0.3 is 5.32 Å². The van der Waals surface area contributed by atoms with E-state index in [0.29, 0.717) is 5.69 Å². The molecule has 0 unspecified atom stereocenters. The summed E-state index contributed by atoms with van der Waals surface area (Å²) in [7, 11) is -2.31. The van der Waals surface area contributed by atoms with Crippen molar-refractivity contribution >= 4 is 15.7 Å². The van der Waals surface area contributed by atoms with Crippen LogP contribution in [0.25, 0.3) is 0 Å². The van der Waals surface area contributed by atoms with Crippen molar-refractivity contribution in [1.29, 1.82) is 0 Å². The van der Waals surface area contributed by atoms with E-state index in [0.717, 1.165) is 12.1 Å². The highest BCUT2D eigenvalue weighted by Crippen LogP contribution is 2.21. The largest absolute Gasteiger partial charge is 0.380 e. The van der Waals surface area contributed by atoms with Gasteiger partial charge in [-0.2, -0.15) is 0 Å². The summed E-state index contributed by atoms with van der Waals surface area (Å²) < 4.78 is 52.3. The third-order valence-corrected chi connectivity index (χ3v) is 4.40. The fourth-order valence-corrected chi connectivity index (χ4v) is 2.72. The van der Waals surface area contributed by atoms with E-state index in [1.54, 1.807) is 18.2 Å². The number of sulfonamides is 1. The van der Waals surface area contributed by atoms with E-state index in [4.69, 9.17) is 0 Å². The summed E-state index contributed by atoms with van der Waals surface area (Å²) in [6.45, 7) is 0.0440. The van der Waals surface area contributed by atoms with E-state index in [-0.39, 0.29) is 17.0 Å². The summed E-state index contributed by atoms with van der Waals surface area (Å²) in [4.78, 5) is 0.0648. The first-order valence-corrected chi connectivity index (χ1v) is 7.63. The van der Waals surface area contributed by atoms with E-state index in [2.05, 4.69) is 10.0 Å². The Bertz CT molecular complexity index is 748. The van der Waals surface area contributed by atoms with Crippen molar-refractivity contribution in [3.8, 4) is 0 Å². The van der Waals surface area contributed by atoms with Gasteiger partial charge in [-0.3, -0.25) is 0 Å². The molecule has 0 aliphatic heterocycles. The molecule has 4 nitrogen and oxygen atoms in total. The Morgan fingerprint density at radius 2 is 1.81 bits per heavy atom. The Morgan fingerprint density at radius 3 is 2.48 bits per heavy atom. The predicted octanol–water partition coefficient (Wildman–Crippen LogP) is 2.49. The van der Waals surface area contributed by atoms with Crippen LogP contribution in [0.15, 0.2) is 47.4 Å². The van der Waals surface area contributed by atoms with Crippen LogP contribution in [-0.4, -0.2) is 15.5 Å². The molecule has 0 spiro atoms. The van der Waals surface area contributed by atoms with Gasteiger partial charge in [-0.05, 0) is 25.2 Å². The highest BCUT2D eigenvalue weighted by atomic mass is 32.2. The maximum Gasteiger partial charge on any atom is 0.242 e. The molecule has 0 aliphatic rings. The third kappa shape index (κ3) is 3.56. The van der Waals surface area contributed by atoms with E-state index >= 15 is 0 Å². The van der Waals surface area contributed by atoms with Crippen molar-refractivity contribution in [3.05, 3.63) is 59.7 Å². The van der Waals surface area contributed by atoms with E-state index in [1.807, 2.05) is 0 Å². The number of para-hydroxylation sites is 1. The number of halogens is 2. The Balaban J connectivity index is 2.25. The molecule has 21 heavy (non-hydrogen) atoms. The fraction of sp³-hybridized carbons (Fsp3) is 0.143. The fourth-order valence-electron chi connectivity index (χ4n) is 1.81. The van der Waals surface area contributed by atoms with Gasteiger partial charge in [0.1, 0.15) is 16.5 Å². The van der Waals surface area contributed by atoms with Crippen LogP contribution in [0.5, 0.6) is 0 Å². The minimum Gasteiger partial charge on any atom is -0.380 e. The second-order valence-corrected chi connectivity index (χ2v) is 6.15. The molecule has 0 heterocycles. The molecule has 0 aliphatic carbocycles. The van der Waals surface area contributed by atoms with Crippen molar-refractivity contribution < 1.29 is 17.2 Å². The van der Waals surface area contributed by atoms with Crippen LogP contribution in [0.2, 0.25) is 0 Å². The van der Waals surface area contributed by atoms with Gasteiger partial charge in [-0.25, -0.2) is 21.9 Å². The van der Waals surface area contributed by atoms with Crippen LogP contribution < -0.4 is 10.0 Å². The SMILES string of the molecule is CNS(=O)(=O)c1ccccc1NCc1ccc(F)cc1F. The standard InChI is InChI=1S/C14H14F2N2O2S/c1-17-21(19,20)14-5-3-2-4-13(14)18-9-10-6-7-11(15)8-12(10)16/h2-8,17-18H,9H2,1H3. The molecule has 0 radical (unpaired) electrons. The number of rotatable bonds is 5. The van der Waals surface area contributed by atoms with Gasteiger partial charge in [0, 0.05) is 18.2 Å². The molecule has 0 atom stereocenters. The van der Waals surface area contributed by atoms with Crippen molar-refractivity contribution in [2.75, 3.05) is 12.4 Å². The van der Waals surface area contributed by atoms with Crippen molar-refractivity contribution in [2.24, 2.45) is 0 Å². The zero-order valence-corrected chi connectivity index (χ0v) is 12.0. The Morgan fingerprint density at radius 1 is 1.10 bits per heavy atom. The van der Waals surface area contributed by atoms with Crippen LogP contribution in [0.1, 0.15) is 5.56 Å². The summed E-state index contributed by atoms with van der Waals surface area (Å²) in [5.41, 5.74) is 0.587. The summed E-state index contributed by atoms with van der Waals surface area (Å²) in [6, 6.07) is 9.52. The second-order valence-electron chi connectivity index (χ2n) is 4.29. The zero-order chi connectivity index (χ0) is 15.5. The first-order valence-electron chi connectivity index (χ1n) is 6.14. The zero-order valence-electron chi connectivity index (χ0n) is 11.2. The molecule has 2 rings (SSSR count). The van der Waals surface area contributed by atoms with Crippen molar-refractivity contribution in [2.45, 2.75) is 11.4 Å². The first-order chi connectivity index (χ1) is 9.94.